The van der Waals surface area contributed by atoms with Crippen molar-refractivity contribution < 1.29 is 9.18 Å². The van der Waals surface area contributed by atoms with Crippen molar-refractivity contribution in [2.75, 3.05) is 0 Å². The van der Waals surface area contributed by atoms with E-state index >= 15 is 0 Å². The van der Waals surface area contributed by atoms with E-state index in [1.54, 1.807) is 6.20 Å². The first-order valence-corrected chi connectivity index (χ1v) is 11.4. The lowest BCUT2D eigenvalue weighted by atomic mass is 9.71. The van der Waals surface area contributed by atoms with Crippen LogP contribution in [0.1, 0.15) is 53.7 Å². The van der Waals surface area contributed by atoms with Crippen molar-refractivity contribution >= 4 is 29.1 Å². The minimum atomic E-state index is -0.775. The van der Waals surface area contributed by atoms with Crippen molar-refractivity contribution in [3.63, 3.8) is 0 Å². The van der Waals surface area contributed by atoms with Gasteiger partial charge in [-0.15, -0.1) is 0 Å². The number of nitrogens with zero attached hydrogens (tertiary/aromatic N) is 4. The molecule has 0 saturated carbocycles. The van der Waals surface area contributed by atoms with Crippen molar-refractivity contribution in [3.8, 4) is 11.4 Å². The summed E-state index contributed by atoms with van der Waals surface area (Å²) in [5.41, 5.74) is 3.65. The maximum absolute atomic E-state index is 14.4. The Morgan fingerprint density at radius 2 is 1.97 bits per heavy atom. The molecule has 6 nitrogen and oxygen atoms in total. The number of aromatic nitrogens is 4. The fraction of sp³-hybridized carbons (Fsp3) is 0.391. The van der Waals surface area contributed by atoms with Crippen LogP contribution >= 0.6 is 23.2 Å². The van der Waals surface area contributed by atoms with Gasteiger partial charge in [0.1, 0.15) is 5.82 Å². The number of amides is 1. The van der Waals surface area contributed by atoms with Gasteiger partial charge < -0.3 is 4.90 Å². The number of carbonyl (C=O) groups is 1. The van der Waals surface area contributed by atoms with Crippen LogP contribution in [0.25, 0.3) is 11.4 Å². The molecule has 1 fully saturated rings. The first-order valence-electron chi connectivity index (χ1n) is 10.6. The normalized spacial score (nSPS) is 24.4. The number of H-pyrrole nitrogens is 1. The predicted octanol–water partition coefficient (Wildman–Crippen LogP) is 5.41. The molecular weight excluding hydrogens is 452 g/mol. The third-order valence-corrected chi connectivity index (χ3v) is 7.36. The molecule has 3 unspecified atom stereocenters. The quantitative estimate of drug-likeness (QED) is 0.505. The van der Waals surface area contributed by atoms with Gasteiger partial charge in [-0.3, -0.25) is 9.89 Å². The summed E-state index contributed by atoms with van der Waals surface area (Å²) in [5.74, 6) is -0.0543. The van der Waals surface area contributed by atoms with Crippen molar-refractivity contribution in [1.82, 2.24) is 25.1 Å². The highest BCUT2D eigenvalue weighted by atomic mass is 35.5. The number of piperidine rings is 1. The summed E-state index contributed by atoms with van der Waals surface area (Å²) in [6.45, 7) is 6.13. The molecular formula is C23H22Cl2FN5O. The van der Waals surface area contributed by atoms with Crippen LogP contribution in [-0.2, 0) is 6.42 Å². The average Bonchev–Trinajstić information content (AvgIpc) is 3.29. The van der Waals surface area contributed by atoms with Gasteiger partial charge in [0.05, 0.1) is 38.7 Å². The molecule has 1 aromatic carbocycles. The number of hydrogen-bond donors (Lipinski definition) is 1. The van der Waals surface area contributed by atoms with Gasteiger partial charge in [-0.25, -0.2) is 14.4 Å². The number of aryl methyl sites for hydroxylation is 1. The minimum absolute atomic E-state index is 0.0843. The number of fused-ring (bicyclic) bond motifs is 4. The maximum atomic E-state index is 14.4. The van der Waals surface area contributed by atoms with Gasteiger partial charge in [0.25, 0.3) is 5.91 Å². The van der Waals surface area contributed by atoms with E-state index < -0.39 is 5.82 Å². The lowest BCUT2D eigenvalue weighted by Gasteiger charge is -2.52. The Kier molecular flexibility index (Phi) is 5.21. The molecule has 166 valence electrons. The highest BCUT2D eigenvalue weighted by molar-refractivity contribution is 6.37. The summed E-state index contributed by atoms with van der Waals surface area (Å²) in [4.78, 5) is 25.1. The molecule has 9 heteroatoms. The molecule has 0 spiro atoms. The highest BCUT2D eigenvalue weighted by Crippen LogP contribution is 2.49. The van der Waals surface area contributed by atoms with Crippen molar-refractivity contribution in [2.45, 2.75) is 45.7 Å². The SMILES string of the molecule is Cc1nc(-c2ccn[nH]2)c2c(n1)C1C(C)CC(C)[C@H](C2)N1C(=O)c1ccc(Cl)c(F)c1Cl. The van der Waals surface area contributed by atoms with E-state index in [0.29, 0.717) is 12.2 Å². The minimum Gasteiger partial charge on any atom is -0.326 e. The average molecular weight is 474 g/mol. The van der Waals surface area contributed by atoms with Crippen molar-refractivity contribution in [3.05, 3.63) is 62.9 Å². The lowest BCUT2D eigenvalue weighted by molar-refractivity contribution is 0.00184. The van der Waals surface area contributed by atoms with E-state index in [0.717, 1.165) is 29.1 Å². The standard InChI is InChI=1S/C23H22Cl2FN5O/c1-10-8-11(2)22-21-14(20(28-12(3)29-21)16-6-7-27-30-16)9-17(10)31(22)23(32)13-4-5-15(24)19(26)18(13)25/h4-7,10-11,17,22H,8-9H2,1-3H3,(H,27,30)/t10?,11?,17-,22?/m0/s1. The first kappa shape index (κ1) is 21.3. The molecule has 1 saturated heterocycles. The summed E-state index contributed by atoms with van der Waals surface area (Å²) < 4.78 is 14.4. The lowest BCUT2D eigenvalue weighted by Crippen LogP contribution is -2.56. The van der Waals surface area contributed by atoms with E-state index in [1.165, 1.54) is 12.1 Å². The second kappa shape index (κ2) is 7.81. The van der Waals surface area contributed by atoms with Crippen LogP contribution in [0, 0.1) is 24.6 Å². The molecule has 4 heterocycles. The molecule has 0 radical (unpaired) electrons. The highest BCUT2D eigenvalue weighted by Gasteiger charge is 2.49. The number of rotatable bonds is 2. The topological polar surface area (TPSA) is 74.8 Å². The van der Waals surface area contributed by atoms with E-state index in [9.17, 15) is 9.18 Å². The van der Waals surface area contributed by atoms with Gasteiger partial charge in [0.2, 0.25) is 0 Å². The number of halogens is 3. The van der Waals surface area contributed by atoms with E-state index in [4.69, 9.17) is 33.2 Å². The van der Waals surface area contributed by atoms with Crippen molar-refractivity contribution in [2.24, 2.45) is 11.8 Å². The molecule has 2 bridgehead atoms. The molecule has 32 heavy (non-hydrogen) atoms. The fourth-order valence-electron chi connectivity index (χ4n) is 5.32. The number of benzene rings is 1. The maximum Gasteiger partial charge on any atom is 0.256 e. The molecule has 2 aliphatic rings. The Bertz CT molecular complexity index is 1220. The molecule has 1 N–H and O–H groups in total. The number of nitrogens with one attached hydrogen (secondary N) is 1. The van der Waals surface area contributed by atoms with Crippen LogP contribution in [-0.4, -0.2) is 37.0 Å². The zero-order valence-corrected chi connectivity index (χ0v) is 19.4. The Balaban J connectivity index is 1.68. The summed E-state index contributed by atoms with van der Waals surface area (Å²) in [7, 11) is 0. The Morgan fingerprint density at radius 3 is 2.69 bits per heavy atom. The third kappa shape index (κ3) is 3.21. The summed E-state index contributed by atoms with van der Waals surface area (Å²) in [6, 6.07) is 4.42. The first-order chi connectivity index (χ1) is 15.3. The van der Waals surface area contributed by atoms with Gasteiger partial charge in [-0.05, 0) is 49.8 Å². The fourth-order valence-corrected chi connectivity index (χ4v) is 5.77. The van der Waals surface area contributed by atoms with Crippen LogP contribution in [0.5, 0.6) is 0 Å². The van der Waals surface area contributed by atoms with Gasteiger partial charge >= 0.3 is 0 Å². The molecule has 2 aromatic heterocycles. The van der Waals surface area contributed by atoms with Gasteiger partial charge in [0, 0.05) is 17.8 Å². The predicted molar refractivity (Wildman–Crippen MR) is 120 cm³/mol. The molecule has 4 atom stereocenters. The summed E-state index contributed by atoms with van der Waals surface area (Å²) in [6.07, 6.45) is 3.26. The van der Waals surface area contributed by atoms with Crippen LogP contribution in [0.3, 0.4) is 0 Å². The molecule has 5 rings (SSSR count). The second-order valence-corrected chi connectivity index (χ2v) is 9.58. The van der Waals surface area contributed by atoms with E-state index in [-0.39, 0.29) is 45.4 Å². The van der Waals surface area contributed by atoms with Crippen LogP contribution in [0.2, 0.25) is 10.0 Å². The summed E-state index contributed by atoms with van der Waals surface area (Å²) >= 11 is 12.1. The zero-order chi connectivity index (χ0) is 22.7. The van der Waals surface area contributed by atoms with E-state index in [2.05, 4.69) is 24.0 Å². The summed E-state index contributed by atoms with van der Waals surface area (Å²) in [5, 5.41) is 6.73. The molecule has 2 aliphatic heterocycles. The Morgan fingerprint density at radius 1 is 1.19 bits per heavy atom. The number of carbonyl (C=O) groups excluding carboxylic acids is 1. The van der Waals surface area contributed by atoms with Gasteiger partial charge in [0.15, 0.2) is 5.82 Å². The third-order valence-electron chi connectivity index (χ3n) is 6.70. The largest absolute Gasteiger partial charge is 0.326 e. The number of aromatic amines is 1. The van der Waals surface area contributed by atoms with Crippen LogP contribution in [0.4, 0.5) is 4.39 Å². The second-order valence-electron chi connectivity index (χ2n) is 8.80. The molecule has 1 amide bonds. The van der Waals surface area contributed by atoms with E-state index in [1.807, 2.05) is 17.9 Å². The smallest absolute Gasteiger partial charge is 0.256 e. The number of hydrogen-bond acceptors (Lipinski definition) is 4. The molecule has 0 aliphatic carbocycles. The van der Waals surface area contributed by atoms with Crippen molar-refractivity contribution in [1.29, 1.82) is 0 Å². The van der Waals surface area contributed by atoms with Gasteiger partial charge in [-0.2, -0.15) is 5.10 Å². The van der Waals surface area contributed by atoms with Gasteiger partial charge in [-0.1, -0.05) is 37.0 Å². The Labute approximate surface area is 195 Å². The Hall–Kier alpha value is -2.51. The van der Waals surface area contributed by atoms with Crippen LogP contribution < -0.4 is 0 Å². The van der Waals surface area contributed by atoms with Crippen LogP contribution in [0.15, 0.2) is 24.4 Å². The monoisotopic (exact) mass is 473 g/mol. The molecule has 3 aromatic rings. The zero-order valence-electron chi connectivity index (χ0n) is 17.9.